The lowest BCUT2D eigenvalue weighted by molar-refractivity contribution is 0.0923. The summed E-state index contributed by atoms with van der Waals surface area (Å²) in [4.78, 5) is 12.2. The monoisotopic (exact) mass is 288 g/mol. The van der Waals surface area contributed by atoms with Crippen LogP contribution in [0.4, 0.5) is 4.39 Å². The summed E-state index contributed by atoms with van der Waals surface area (Å²) in [5, 5.41) is 2.91. The van der Waals surface area contributed by atoms with Crippen molar-refractivity contribution in [1.82, 2.24) is 5.32 Å². The number of rotatable bonds is 3. The number of carbonyl (C=O) groups excluding carboxylic acids is 1. The van der Waals surface area contributed by atoms with Crippen molar-refractivity contribution in [3.05, 3.63) is 35.1 Å². The molecule has 112 valence electrons. The zero-order valence-electron chi connectivity index (χ0n) is 12.3. The van der Waals surface area contributed by atoms with E-state index in [9.17, 15) is 9.18 Å². The maximum absolute atomic E-state index is 14.0. The molecule has 3 N–H and O–H groups in total. The van der Waals surface area contributed by atoms with Crippen LogP contribution in [0.1, 0.15) is 48.5 Å². The molecule has 2 rings (SSSR count). The number of carbonyl (C=O) groups is 1. The molecule has 0 aliphatic heterocycles. The SMILES string of the molecule is CC(NC(=O)c1ccc(C#CCN)cc1F)C1CCCC1. The van der Waals surface area contributed by atoms with Gasteiger partial charge in [-0.15, -0.1) is 0 Å². The molecule has 1 aromatic rings. The van der Waals surface area contributed by atoms with E-state index >= 15 is 0 Å². The fourth-order valence-electron chi connectivity index (χ4n) is 2.79. The Hall–Kier alpha value is -1.86. The molecule has 1 amide bonds. The second kappa shape index (κ2) is 7.24. The number of nitrogens with one attached hydrogen (secondary N) is 1. The van der Waals surface area contributed by atoms with Crippen molar-refractivity contribution in [3.8, 4) is 11.8 Å². The number of amides is 1. The topological polar surface area (TPSA) is 55.1 Å². The van der Waals surface area contributed by atoms with E-state index in [2.05, 4.69) is 17.2 Å². The van der Waals surface area contributed by atoms with E-state index in [-0.39, 0.29) is 24.1 Å². The van der Waals surface area contributed by atoms with Gasteiger partial charge in [0.05, 0.1) is 12.1 Å². The molecule has 1 aliphatic rings. The first-order valence-corrected chi connectivity index (χ1v) is 7.41. The number of benzene rings is 1. The van der Waals surface area contributed by atoms with Gasteiger partial charge in [-0.05, 0) is 43.9 Å². The van der Waals surface area contributed by atoms with E-state index in [4.69, 9.17) is 5.73 Å². The van der Waals surface area contributed by atoms with Gasteiger partial charge in [-0.3, -0.25) is 4.79 Å². The highest BCUT2D eigenvalue weighted by molar-refractivity contribution is 5.94. The smallest absolute Gasteiger partial charge is 0.254 e. The highest BCUT2D eigenvalue weighted by Crippen LogP contribution is 2.27. The van der Waals surface area contributed by atoms with Gasteiger partial charge in [0.15, 0.2) is 0 Å². The first-order valence-electron chi connectivity index (χ1n) is 7.41. The third-order valence-corrected chi connectivity index (χ3v) is 4.01. The standard InChI is InChI=1S/C17H21FN2O/c1-12(14-6-2-3-7-14)20-17(21)15-9-8-13(5-4-10-19)11-16(15)18/h8-9,11-12,14H,2-3,6-7,10,19H2,1H3,(H,20,21). The van der Waals surface area contributed by atoms with Crippen LogP contribution in [0.3, 0.4) is 0 Å². The maximum Gasteiger partial charge on any atom is 0.254 e. The zero-order chi connectivity index (χ0) is 15.2. The van der Waals surface area contributed by atoms with Crippen molar-refractivity contribution in [1.29, 1.82) is 0 Å². The van der Waals surface area contributed by atoms with Crippen molar-refractivity contribution in [2.75, 3.05) is 6.54 Å². The lowest BCUT2D eigenvalue weighted by Crippen LogP contribution is -2.37. The molecule has 0 saturated heterocycles. The molecule has 1 fully saturated rings. The fourth-order valence-corrected chi connectivity index (χ4v) is 2.79. The van der Waals surface area contributed by atoms with Gasteiger partial charge in [-0.25, -0.2) is 4.39 Å². The van der Waals surface area contributed by atoms with Crippen molar-refractivity contribution < 1.29 is 9.18 Å². The average molecular weight is 288 g/mol. The molecule has 1 aromatic carbocycles. The normalized spacial score (nSPS) is 16.1. The van der Waals surface area contributed by atoms with Gasteiger partial charge in [-0.1, -0.05) is 24.7 Å². The average Bonchev–Trinajstić information content (AvgIpc) is 2.99. The molecule has 0 heterocycles. The van der Waals surface area contributed by atoms with Crippen LogP contribution >= 0.6 is 0 Å². The zero-order valence-corrected chi connectivity index (χ0v) is 12.3. The van der Waals surface area contributed by atoms with Crippen LogP contribution in [0.15, 0.2) is 18.2 Å². The second-order valence-corrected chi connectivity index (χ2v) is 5.51. The Balaban J connectivity index is 2.05. The summed E-state index contributed by atoms with van der Waals surface area (Å²) in [6, 6.07) is 4.47. The number of halogens is 1. The van der Waals surface area contributed by atoms with Gasteiger partial charge in [0.2, 0.25) is 0 Å². The van der Waals surface area contributed by atoms with Crippen molar-refractivity contribution in [2.45, 2.75) is 38.6 Å². The van der Waals surface area contributed by atoms with Gasteiger partial charge in [0.25, 0.3) is 5.91 Å². The predicted molar refractivity (Wildman–Crippen MR) is 81.2 cm³/mol. The van der Waals surface area contributed by atoms with E-state index in [0.717, 1.165) is 12.8 Å². The molecule has 4 heteroatoms. The molecule has 1 atom stereocenters. The summed E-state index contributed by atoms with van der Waals surface area (Å²) in [5.74, 6) is 5.01. The summed E-state index contributed by atoms with van der Waals surface area (Å²) in [6.07, 6.45) is 4.70. The minimum absolute atomic E-state index is 0.0677. The van der Waals surface area contributed by atoms with E-state index in [0.29, 0.717) is 11.5 Å². The lowest BCUT2D eigenvalue weighted by Gasteiger charge is -2.20. The highest BCUT2D eigenvalue weighted by Gasteiger charge is 2.23. The summed E-state index contributed by atoms with van der Waals surface area (Å²) in [6.45, 7) is 2.22. The Morgan fingerprint density at radius 1 is 1.48 bits per heavy atom. The van der Waals surface area contributed by atoms with Crippen LogP contribution in [0, 0.1) is 23.6 Å². The predicted octanol–water partition coefficient (Wildman–Crippen LogP) is 2.44. The van der Waals surface area contributed by atoms with Gasteiger partial charge < -0.3 is 11.1 Å². The molecule has 0 bridgehead atoms. The molecule has 1 unspecified atom stereocenters. The Morgan fingerprint density at radius 2 is 2.19 bits per heavy atom. The molecule has 1 aliphatic carbocycles. The molecule has 0 spiro atoms. The quantitative estimate of drug-likeness (QED) is 0.839. The second-order valence-electron chi connectivity index (χ2n) is 5.51. The van der Waals surface area contributed by atoms with E-state index in [1.54, 1.807) is 6.07 Å². The molecule has 3 nitrogen and oxygen atoms in total. The van der Waals surface area contributed by atoms with Gasteiger partial charge in [0.1, 0.15) is 5.82 Å². The van der Waals surface area contributed by atoms with Crippen LogP contribution < -0.4 is 11.1 Å². The van der Waals surface area contributed by atoms with E-state index in [1.165, 1.54) is 25.0 Å². The lowest BCUT2D eigenvalue weighted by atomic mass is 9.99. The minimum atomic E-state index is -0.546. The van der Waals surface area contributed by atoms with Gasteiger partial charge >= 0.3 is 0 Å². The molecular weight excluding hydrogens is 267 g/mol. The minimum Gasteiger partial charge on any atom is -0.349 e. The first-order chi connectivity index (χ1) is 10.1. The van der Waals surface area contributed by atoms with Crippen LogP contribution in [-0.2, 0) is 0 Å². The summed E-state index contributed by atoms with van der Waals surface area (Å²) in [7, 11) is 0. The van der Waals surface area contributed by atoms with Gasteiger partial charge in [-0.2, -0.15) is 0 Å². The molecule has 0 radical (unpaired) electrons. The maximum atomic E-state index is 14.0. The summed E-state index contributed by atoms with van der Waals surface area (Å²) in [5.41, 5.74) is 5.87. The van der Waals surface area contributed by atoms with Crippen LogP contribution in [0.5, 0.6) is 0 Å². The number of hydrogen-bond acceptors (Lipinski definition) is 2. The largest absolute Gasteiger partial charge is 0.349 e. The first kappa shape index (κ1) is 15.5. The van der Waals surface area contributed by atoms with E-state index in [1.807, 2.05) is 6.92 Å². The highest BCUT2D eigenvalue weighted by atomic mass is 19.1. The summed E-state index contributed by atoms with van der Waals surface area (Å²) < 4.78 is 14.0. The Bertz CT molecular complexity index is 568. The third-order valence-electron chi connectivity index (χ3n) is 4.01. The Labute approximate surface area is 125 Å². The van der Waals surface area contributed by atoms with Crippen LogP contribution in [-0.4, -0.2) is 18.5 Å². The molecule has 21 heavy (non-hydrogen) atoms. The number of hydrogen-bond donors (Lipinski definition) is 2. The van der Waals surface area contributed by atoms with Crippen molar-refractivity contribution >= 4 is 5.91 Å². The Kier molecular flexibility index (Phi) is 5.35. The molecule has 0 aromatic heterocycles. The van der Waals surface area contributed by atoms with Crippen LogP contribution in [0.2, 0.25) is 0 Å². The summed E-state index contributed by atoms with van der Waals surface area (Å²) >= 11 is 0. The third kappa shape index (κ3) is 4.05. The number of nitrogens with two attached hydrogens (primary N) is 1. The van der Waals surface area contributed by atoms with Crippen molar-refractivity contribution in [2.24, 2.45) is 11.7 Å². The Morgan fingerprint density at radius 3 is 2.81 bits per heavy atom. The molecule has 1 saturated carbocycles. The van der Waals surface area contributed by atoms with E-state index < -0.39 is 5.82 Å². The van der Waals surface area contributed by atoms with Crippen molar-refractivity contribution in [3.63, 3.8) is 0 Å². The molecular formula is C17H21FN2O. The van der Waals surface area contributed by atoms with Crippen LogP contribution in [0.25, 0.3) is 0 Å². The fraction of sp³-hybridized carbons (Fsp3) is 0.471. The van der Waals surface area contributed by atoms with Gasteiger partial charge in [0, 0.05) is 11.6 Å².